The number of nitrogens with zero attached hydrogens (tertiary/aromatic N) is 3. The molecule has 5 heteroatoms. The molecular formula is C17H15BrN4. The standard InChI is InChI=1S/C17H15BrN4/c18-12-4-3-6-14(10-12)22-17-15(7-9-20-17)16(21-22)11-13-5-1-2-8-19-13/h1-6,8,10,20H,7,9,11H2. The number of aromatic nitrogens is 3. The van der Waals surface area contributed by atoms with Crippen LogP contribution < -0.4 is 5.32 Å². The topological polar surface area (TPSA) is 42.7 Å². The largest absolute Gasteiger partial charge is 0.369 e. The van der Waals surface area contributed by atoms with E-state index in [9.17, 15) is 0 Å². The summed E-state index contributed by atoms with van der Waals surface area (Å²) in [6.45, 7) is 0.969. The molecule has 0 bridgehead atoms. The van der Waals surface area contributed by atoms with E-state index in [1.165, 1.54) is 5.56 Å². The van der Waals surface area contributed by atoms with Crippen molar-refractivity contribution in [2.45, 2.75) is 12.8 Å². The first-order chi connectivity index (χ1) is 10.8. The van der Waals surface area contributed by atoms with Crippen molar-refractivity contribution in [3.63, 3.8) is 0 Å². The van der Waals surface area contributed by atoms with Crippen LogP contribution in [0.15, 0.2) is 53.1 Å². The maximum absolute atomic E-state index is 4.83. The normalized spacial score (nSPS) is 13.0. The van der Waals surface area contributed by atoms with Crippen LogP contribution in [0.1, 0.15) is 17.0 Å². The number of hydrogen-bond acceptors (Lipinski definition) is 3. The summed E-state index contributed by atoms with van der Waals surface area (Å²) in [4.78, 5) is 4.42. The molecule has 2 aromatic heterocycles. The highest BCUT2D eigenvalue weighted by atomic mass is 79.9. The SMILES string of the molecule is Brc1cccc(-n2nc(Cc3ccccn3)c3c2NCC3)c1. The van der Waals surface area contributed by atoms with E-state index in [0.717, 1.165) is 46.8 Å². The summed E-state index contributed by atoms with van der Waals surface area (Å²) in [7, 11) is 0. The first kappa shape index (κ1) is 13.5. The average Bonchev–Trinajstić information content (AvgIpc) is 3.12. The molecule has 1 aromatic carbocycles. The maximum Gasteiger partial charge on any atom is 0.133 e. The van der Waals surface area contributed by atoms with E-state index >= 15 is 0 Å². The smallest absolute Gasteiger partial charge is 0.133 e. The van der Waals surface area contributed by atoms with Gasteiger partial charge in [0.25, 0.3) is 0 Å². The summed E-state index contributed by atoms with van der Waals surface area (Å²) >= 11 is 3.53. The van der Waals surface area contributed by atoms with E-state index in [-0.39, 0.29) is 0 Å². The minimum atomic E-state index is 0.770. The Labute approximate surface area is 137 Å². The molecule has 1 aliphatic rings. The van der Waals surface area contributed by atoms with Crippen molar-refractivity contribution in [2.75, 3.05) is 11.9 Å². The zero-order chi connectivity index (χ0) is 14.9. The molecule has 0 amide bonds. The Hall–Kier alpha value is -2.14. The highest BCUT2D eigenvalue weighted by molar-refractivity contribution is 9.10. The van der Waals surface area contributed by atoms with E-state index in [1.807, 2.05) is 41.2 Å². The summed E-state index contributed by atoms with van der Waals surface area (Å²) in [5.41, 5.74) is 4.53. The third-order valence-corrected chi connectivity index (χ3v) is 4.35. The van der Waals surface area contributed by atoms with Crippen molar-refractivity contribution in [2.24, 2.45) is 0 Å². The summed E-state index contributed by atoms with van der Waals surface area (Å²) in [5.74, 6) is 1.11. The van der Waals surface area contributed by atoms with Crippen LogP contribution in [-0.2, 0) is 12.8 Å². The predicted octanol–water partition coefficient (Wildman–Crippen LogP) is 3.59. The van der Waals surface area contributed by atoms with Crippen molar-refractivity contribution >= 4 is 21.7 Å². The zero-order valence-electron chi connectivity index (χ0n) is 12.0. The molecule has 0 saturated carbocycles. The lowest BCUT2D eigenvalue weighted by Gasteiger charge is -2.06. The van der Waals surface area contributed by atoms with Crippen LogP contribution in [0, 0.1) is 0 Å². The molecular weight excluding hydrogens is 340 g/mol. The number of pyridine rings is 1. The third-order valence-electron chi connectivity index (χ3n) is 3.86. The van der Waals surface area contributed by atoms with E-state index in [1.54, 1.807) is 0 Å². The van der Waals surface area contributed by atoms with E-state index in [2.05, 4.69) is 38.4 Å². The highest BCUT2D eigenvalue weighted by Crippen LogP contribution is 2.30. The van der Waals surface area contributed by atoms with Gasteiger partial charge in [0.05, 0.1) is 11.4 Å². The van der Waals surface area contributed by atoms with Gasteiger partial charge < -0.3 is 5.32 Å². The quantitative estimate of drug-likeness (QED) is 0.781. The molecule has 3 heterocycles. The van der Waals surface area contributed by atoms with E-state index < -0.39 is 0 Å². The van der Waals surface area contributed by atoms with E-state index in [4.69, 9.17) is 5.10 Å². The van der Waals surface area contributed by atoms with Gasteiger partial charge in [-0.2, -0.15) is 5.10 Å². The first-order valence-corrected chi connectivity index (χ1v) is 8.11. The van der Waals surface area contributed by atoms with Crippen molar-refractivity contribution in [3.8, 4) is 5.69 Å². The second-order valence-corrected chi connectivity index (χ2v) is 6.26. The fourth-order valence-electron chi connectivity index (χ4n) is 2.86. The van der Waals surface area contributed by atoms with Gasteiger partial charge in [0.15, 0.2) is 0 Å². The second-order valence-electron chi connectivity index (χ2n) is 5.34. The summed E-state index contributed by atoms with van der Waals surface area (Å²) < 4.78 is 3.06. The van der Waals surface area contributed by atoms with Gasteiger partial charge >= 0.3 is 0 Å². The summed E-state index contributed by atoms with van der Waals surface area (Å²) in [6.07, 6.45) is 3.62. The van der Waals surface area contributed by atoms with Crippen LogP contribution >= 0.6 is 15.9 Å². The number of benzene rings is 1. The van der Waals surface area contributed by atoms with Gasteiger partial charge in [0, 0.05) is 34.9 Å². The van der Waals surface area contributed by atoms with Gasteiger partial charge in [0.1, 0.15) is 5.82 Å². The number of nitrogens with one attached hydrogen (secondary N) is 1. The number of anilines is 1. The van der Waals surface area contributed by atoms with E-state index in [0.29, 0.717) is 0 Å². The maximum atomic E-state index is 4.83. The molecule has 0 saturated heterocycles. The van der Waals surface area contributed by atoms with Crippen LogP contribution in [0.25, 0.3) is 5.69 Å². The molecule has 0 radical (unpaired) electrons. The third kappa shape index (κ3) is 2.41. The van der Waals surface area contributed by atoms with Gasteiger partial charge in [-0.25, -0.2) is 4.68 Å². The Kier molecular flexibility index (Phi) is 3.42. The molecule has 0 spiro atoms. The lowest BCUT2D eigenvalue weighted by atomic mass is 10.1. The molecule has 0 aliphatic carbocycles. The molecule has 22 heavy (non-hydrogen) atoms. The molecule has 3 aromatic rings. The molecule has 0 atom stereocenters. The molecule has 4 nitrogen and oxygen atoms in total. The zero-order valence-corrected chi connectivity index (χ0v) is 13.5. The Morgan fingerprint density at radius 2 is 2.14 bits per heavy atom. The van der Waals surface area contributed by atoms with Crippen LogP contribution in [0.3, 0.4) is 0 Å². The molecule has 1 aliphatic heterocycles. The lowest BCUT2D eigenvalue weighted by molar-refractivity contribution is 0.833. The van der Waals surface area contributed by atoms with Gasteiger partial charge in [-0.1, -0.05) is 28.1 Å². The molecule has 4 rings (SSSR count). The predicted molar refractivity (Wildman–Crippen MR) is 90.5 cm³/mol. The van der Waals surface area contributed by atoms with Crippen LogP contribution in [0.5, 0.6) is 0 Å². The minimum Gasteiger partial charge on any atom is -0.369 e. The second kappa shape index (κ2) is 5.57. The first-order valence-electron chi connectivity index (χ1n) is 7.32. The van der Waals surface area contributed by atoms with Crippen molar-refractivity contribution in [1.29, 1.82) is 0 Å². The van der Waals surface area contributed by atoms with Crippen molar-refractivity contribution < 1.29 is 0 Å². The molecule has 0 unspecified atom stereocenters. The highest BCUT2D eigenvalue weighted by Gasteiger charge is 2.23. The van der Waals surface area contributed by atoms with Gasteiger partial charge in [0.2, 0.25) is 0 Å². The molecule has 0 fully saturated rings. The van der Waals surface area contributed by atoms with Crippen LogP contribution in [0.2, 0.25) is 0 Å². The fraction of sp³-hybridized carbons (Fsp3) is 0.176. The number of hydrogen-bond donors (Lipinski definition) is 1. The van der Waals surface area contributed by atoms with Gasteiger partial charge in [-0.15, -0.1) is 0 Å². The summed E-state index contributed by atoms with van der Waals surface area (Å²) in [6, 6.07) is 14.2. The van der Waals surface area contributed by atoms with Gasteiger partial charge in [-0.05, 0) is 36.8 Å². The fourth-order valence-corrected chi connectivity index (χ4v) is 3.24. The minimum absolute atomic E-state index is 0.770. The number of fused-ring (bicyclic) bond motifs is 1. The monoisotopic (exact) mass is 354 g/mol. The Morgan fingerprint density at radius 3 is 2.95 bits per heavy atom. The van der Waals surface area contributed by atoms with Crippen molar-refractivity contribution in [3.05, 3.63) is 70.1 Å². The average molecular weight is 355 g/mol. The molecule has 1 N–H and O–H groups in total. The Balaban J connectivity index is 1.77. The van der Waals surface area contributed by atoms with Crippen molar-refractivity contribution in [1.82, 2.24) is 14.8 Å². The summed E-state index contributed by atoms with van der Waals surface area (Å²) in [5, 5.41) is 8.29. The Bertz CT molecular complexity index is 811. The number of rotatable bonds is 3. The lowest BCUT2D eigenvalue weighted by Crippen LogP contribution is -2.05. The number of halogens is 1. The molecule has 110 valence electrons. The van der Waals surface area contributed by atoms with Crippen LogP contribution in [0.4, 0.5) is 5.82 Å². The van der Waals surface area contributed by atoms with Crippen LogP contribution in [-0.4, -0.2) is 21.3 Å². The van der Waals surface area contributed by atoms with Gasteiger partial charge in [-0.3, -0.25) is 4.98 Å². The Morgan fingerprint density at radius 1 is 1.18 bits per heavy atom.